The Kier molecular flexibility index (Phi) is 3.09. The zero-order valence-corrected chi connectivity index (χ0v) is 11.6. The summed E-state index contributed by atoms with van der Waals surface area (Å²) in [5.41, 5.74) is 1.72. The first-order valence-corrected chi connectivity index (χ1v) is 6.47. The summed E-state index contributed by atoms with van der Waals surface area (Å²) in [6.45, 7) is 1.90. The Labute approximate surface area is 120 Å². The van der Waals surface area contributed by atoms with Crippen LogP contribution in [-0.4, -0.2) is 9.97 Å². The fourth-order valence-corrected chi connectivity index (χ4v) is 2.17. The lowest BCUT2D eigenvalue weighted by Crippen LogP contribution is -1.85. The van der Waals surface area contributed by atoms with Gasteiger partial charge in [-0.2, -0.15) is 0 Å². The molecule has 96 valence electrons. The van der Waals surface area contributed by atoms with E-state index in [0.717, 1.165) is 16.9 Å². The highest BCUT2D eigenvalue weighted by atomic mass is 35.5. The van der Waals surface area contributed by atoms with E-state index < -0.39 is 0 Å². The predicted octanol–water partition coefficient (Wildman–Crippen LogP) is 4.97. The monoisotopic (exact) mass is 292 g/mol. The average molecular weight is 293 g/mol. The number of rotatable bonds is 2. The minimum absolute atomic E-state index is 0.533. The molecule has 5 heteroatoms. The molecule has 0 aliphatic heterocycles. The molecule has 0 bridgehead atoms. The van der Waals surface area contributed by atoms with Crippen molar-refractivity contribution in [1.82, 2.24) is 9.97 Å². The quantitative estimate of drug-likeness (QED) is 0.724. The number of halogens is 2. The fourth-order valence-electron chi connectivity index (χ4n) is 1.85. The Bertz CT molecular complexity index is 735. The van der Waals surface area contributed by atoms with E-state index in [1.165, 1.54) is 0 Å². The largest absolute Gasteiger partial charge is 0.456 e. The first-order valence-electron chi connectivity index (χ1n) is 5.71. The Morgan fingerprint density at radius 2 is 1.84 bits per heavy atom. The third-order valence-corrected chi connectivity index (χ3v) is 3.24. The Hall–Kier alpha value is -1.71. The van der Waals surface area contributed by atoms with Crippen LogP contribution in [0.15, 0.2) is 36.4 Å². The van der Waals surface area contributed by atoms with Crippen molar-refractivity contribution in [2.24, 2.45) is 0 Å². The topological polar surface area (TPSA) is 37.9 Å². The molecule has 0 saturated carbocycles. The van der Waals surface area contributed by atoms with Crippen LogP contribution in [0.5, 0.6) is 11.5 Å². The van der Waals surface area contributed by atoms with Gasteiger partial charge in [-0.15, -0.1) is 0 Å². The zero-order chi connectivity index (χ0) is 13.4. The van der Waals surface area contributed by atoms with E-state index in [0.29, 0.717) is 21.5 Å². The van der Waals surface area contributed by atoms with Crippen LogP contribution in [0.3, 0.4) is 0 Å². The van der Waals surface area contributed by atoms with E-state index >= 15 is 0 Å². The van der Waals surface area contributed by atoms with Crippen molar-refractivity contribution in [2.45, 2.75) is 6.92 Å². The first kappa shape index (κ1) is 12.3. The van der Waals surface area contributed by atoms with Gasteiger partial charge in [0.25, 0.3) is 0 Å². The molecule has 3 rings (SSSR count). The summed E-state index contributed by atoms with van der Waals surface area (Å²) in [7, 11) is 0. The van der Waals surface area contributed by atoms with Crippen LogP contribution in [0.1, 0.15) is 5.82 Å². The Balaban J connectivity index is 1.99. The number of nitrogens with zero attached hydrogens (tertiary/aromatic N) is 1. The number of hydrogen-bond donors (Lipinski definition) is 1. The van der Waals surface area contributed by atoms with E-state index in [9.17, 15) is 0 Å². The van der Waals surface area contributed by atoms with Gasteiger partial charge in [0.1, 0.15) is 17.3 Å². The second-order valence-corrected chi connectivity index (χ2v) is 5.02. The molecule has 0 aliphatic carbocycles. The number of benzene rings is 2. The molecule has 2 aromatic carbocycles. The van der Waals surface area contributed by atoms with Gasteiger partial charge in [0.15, 0.2) is 0 Å². The Morgan fingerprint density at radius 3 is 2.58 bits per heavy atom. The van der Waals surface area contributed by atoms with Gasteiger partial charge in [-0.25, -0.2) is 4.98 Å². The minimum atomic E-state index is 0.533. The summed E-state index contributed by atoms with van der Waals surface area (Å²) in [6.07, 6.45) is 0. The van der Waals surface area contributed by atoms with Crippen LogP contribution in [0.25, 0.3) is 11.0 Å². The molecule has 0 saturated heterocycles. The number of fused-ring (bicyclic) bond motifs is 1. The lowest BCUT2D eigenvalue weighted by atomic mass is 10.3. The van der Waals surface area contributed by atoms with E-state index in [4.69, 9.17) is 27.9 Å². The fraction of sp³-hybridized carbons (Fsp3) is 0.0714. The van der Waals surface area contributed by atoms with Crippen molar-refractivity contribution in [3.8, 4) is 11.5 Å². The molecule has 0 radical (unpaired) electrons. The lowest BCUT2D eigenvalue weighted by molar-refractivity contribution is 0.483. The molecule has 1 N–H and O–H groups in total. The second kappa shape index (κ2) is 4.76. The van der Waals surface area contributed by atoms with Crippen LogP contribution < -0.4 is 4.74 Å². The van der Waals surface area contributed by atoms with E-state index in [-0.39, 0.29) is 0 Å². The van der Waals surface area contributed by atoms with Crippen LogP contribution in [-0.2, 0) is 0 Å². The van der Waals surface area contributed by atoms with Crippen molar-refractivity contribution in [3.63, 3.8) is 0 Å². The first-order chi connectivity index (χ1) is 9.11. The van der Waals surface area contributed by atoms with Crippen molar-refractivity contribution in [1.29, 1.82) is 0 Å². The summed E-state index contributed by atoms with van der Waals surface area (Å²) in [6, 6.07) is 10.7. The van der Waals surface area contributed by atoms with E-state index in [1.807, 2.05) is 19.1 Å². The SMILES string of the molecule is Cc1nc2cc(Oc3ccc(Cl)cc3)c(Cl)cc2[nH]1. The summed E-state index contributed by atoms with van der Waals surface area (Å²) in [4.78, 5) is 7.48. The van der Waals surface area contributed by atoms with Crippen LogP contribution >= 0.6 is 23.2 Å². The van der Waals surface area contributed by atoms with Crippen LogP contribution in [0.4, 0.5) is 0 Å². The summed E-state index contributed by atoms with van der Waals surface area (Å²) in [5, 5.41) is 1.20. The minimum Gasteiger partial charge on any atom is -0.456 e. The van der Waals surface area contributed by atoms with E-state index in [1.54, 1.807) is 24.3 Å². The third kappa shape index (κ3) is 2.53. The second-order valence-electron chi connectivity index (χ2n) is 4.18. The molecule has 1 aromatic heterocycles. The number of nitrogens with one attached hydrogen (secondary N) is 1. The molecule has 3 nitrogen and oxygen atoms in total. The number of ether oxygens (including phenoxy) is 1. The van der Waals surface area contributed by atoms with Crippen molar-refractivity contribution >= 4 is 34.2 Å². The smallest absolute Gasteiger partial charge is 0.148 e. The summed E-state index contributed by atoms with van der Waals surface area (Å²) >= 11 is 12.0. The molecule has 0 unspecified atom stereocenters. The number of aromatic nitrogens is 2. The van der Waals surface area contributed by atoms with Gasteiger partial charge in [0.05, 0.1) is 16.1 Å². The highest BCUT2D eigenvalue weighted by molar-refractivity contribution is 6.32. The molecular weight excluding hydrogens is 283 g/mol. The third-order valence-electron chi connectivity index (χ3n) is 2.70. The highest BCUT2D eigenvalue weighted by Crippen LogP contribution is 2.33. The van der Waals surface area contributed by atoms with Crippen LogP contribution in [0.2, 0.25) is 10.0 Å². The predicted molar refractivity (Wildman–Crippen MR) is 77.4 cm³/mol. The Morgan fingerprint density at radius 1 is 1.11 bits per heavy atom. The maximum Gasteiger partial charge on any atom is 0.148 e. The summed E-state index contributed by atoms with van der Waals surface area (Å²) in [5.74, 6) is 2.09. The maximum absolute atomic E-state index is 6.19. The molecule has 0 spiro atoms. The van der Waals surface area contributed by atoms with E-state index in [2.05, 4.69) is 9.97 Å². The molecule has 0 aliphatic rings. The number of imidazole rings is 1. The number of hydrogen-bond acceptors (Lipinski definition) is 2. The number of aromatic amines is 1. The normalized spacial score (nSPS) is 10.9. The molecule has 1 heterocycles. The molecule has 19 heavy (non-hydrogen) atoms. The van der Waals surface area contributed by atoms with Gasteiger partial charge in [-0.05, 0) is 37.3 Å². The van der Waals surface area contributed by atoms with Gasteiger partial charge < -0.3 is 9.72 Å². The number of aryl methyl sites for hydroxylation is 1. The van der Waals surface area contributed by atoms with Gasteiger partial charge in [-0.1, -0.05) is 23.2 Å². The van der Waals surface area contributed by atoms with Crippen molar-refractivity contribution < 1.29 is 4.74 Å². The van der Waals surface area contributed by atoms with Gasteiger partial charge in [0.2, 0.25) is 0 Å². The molecule has 0 fully saturated rings. The van der Waals surface area contributed by atoms with Gasteiger partial charge >= 0.3 is 0 Å². The molecule has 3 aromatic rings. The van der Waals surface area contributed by atoms with Gasteiger partial charge in [-0.3, -0.25) is 0 Å². The van der Waals surface area contributed by atoms with Gasteiger partial charge in [0, 0.05) is 11.1 Å². The van der Waals surface area contributed by atoms with Crippen molar-refractivity contribution in [3.05, 3.63) is 52.3 Å². The molecule has 0 atom stereocenters. The number of H-pyrrole nitrogens is 1. The zero-order valence-electron chi connectivity index (χ0n) is 10.1. The molecular formula is C14H10Cl2N2O. The van der Waals surface area contributed by atoms with Crippen LogP contribution in [0, 0.1) is 6.92 Å². The lowest BCUT2D eigenvalue weighted by Gasteiger charge is -2.07. The maximum atomic E-state index is 6.19. The standard InChI is InChI=1S/C14H10Cl2N2O/c1-8-17-12-6-11(16)14(7-13(12)18-8)19-10-4-2-9(15)3-5-10/h2-7H,1H3,(H,17,18). The summed E-state index contributed by atoms with van der Waals surface area (Å²) < 4.78 is 5.74. The average Bonchev–Trinajstić information content (AvgIpc) is 2.72. The van der Waals surface area contributed by atoms with Crippen molar-refractivity contribution in [2.75, 3.05) is 0 Å². The molecule has 0 amide bonds. The highest BCUT2D eigenvalue weighted by Gasteiger charge is 2.08.